The first kappa shape index (κ1) is 28.8. The second kappa shape index (κ2) is 12.7. The van der Waals surface area contributed by atoms with Gasteiger partial charge in [0.25, 0.3) is 10.0 Å². The molecule has 1 atom stereocenters. The number of hydrogen-bond acceptors (Lipinski definition) is 4. The number of carbonyl (C=O) groups excluding carboxylic acids is 2. The highest BCUT2D eigenvalue weighted by Crippen LogP contribution is 2.26. The van der Waals surface area contributed by atoms with E-state index in [-0.39, 0.29) is 23.4 Å². The second-order valence-corrected chi connectivity index (χ2v) is 12.4. The van der Waals surface area contributed by atoms with Crippen LogP contribution in [0, 0.1) is 5.82 Å². The zero-order valence-electron chi connectivity index (χ0n) is 21.6. The van der Waals surface area contributed by atoms with Crippen molar-refractivity contribution in [2.24, 2.45) is 0 Å². The molecule has 206 valence electrons. The van der Waals surface area contributed by atoms with Crippen LogP contribution in [0.4, 0.5) is 10.1 Å². The number of hydrogen-bond donors (Lipinski definition) is 1. The van der Waals surface area contributed by atoms with Crippen molar-refractivity contribution < 1.29 is 22.4 Å². The van der Waals surface area contributed by atoms with E-state index in [2.05, 4.69) is 21.2 Å². The molecular formula is C29H31BrFN3O4S. The van der Waals surface area contributed by atoms with Crippen LogP contribution in [0.25, 0.3) is 0 Å². The fraction of sp³-hybridized carbons (Fsp3) is 0.310. The first-order valence-electron chi connectivity index (χ1n) is 12.8. The van der Waals surface area contributed by atoms with E-state index in [9.17, 15) is 22.4 Å². The Labute approximate surface area is 237 Å². The van der Waals surface area contributed by atoms with Crippen LogP contribution >= 0.6 is 15.9 Å². The molecule has 7 nitrogen and oxygen atoms in total. The van der Waals surface area contributed by atoms with E-state index >= 15 is 0 Å². The number of halogens is 2. The highest BCUT2D eigenvalue weighted by molar-refractivity contribution is 9.10. The summed E-state index contributed by atoms with van der Waals surface area (Å²) in [6, 6.07) is 19.3. The lowest BCUT2D eigenvalue weighted by atomic mass is 10.1. The summed E-state index contributed by atoms with van der Waals surface area (Å²) >= 11 is 3.36. The molecule has 4 rings (SSSR count). The van der Waals surface area contributed by atoms with E-state index < -0.39 is 34.3 Å². The molecule has 0 aromatic heterocycles. The summed E-state index contributed by atoms with van der Waals surface area (Å²) in [5.41, 5.74) is 0.923. The molecule has 0 heterocycles. The fourth-order valence-corrected chi connectivity index (χ4v) is 6.32. The highest BCUT2D eigenvalue weighted by atomic mass is 79.9. The maximum absolute atomic E-state index is 13.9. The van der Waals surface area contributed by atoms with Crippen LogP contribution < -0.4 is 9.62 Å². The third-order valence-corrected chi connectivity index (χ3v) is 9.18. The molecule has 0 unspecified atom stereocenters. The summed E-state index contributed by atoms with van der Waals surface area (Å²) in [7, 11) is -4.12. The van der Waals surface area contributed by atoms with Gasteiger partial charge in [0.2, 0.25) is 11.8 Å². The van der Waals surface area contributed by atoms with Gasteiger partial charge in [-0.25, -0.2) is 12.8 Å². The van der Waals surface area contributed by atoms with Crippen LogP contribution in [0.1, 0.15) is 38.2 Å². The normalized spacial score (nSPS) is 14.5. The van der Waals surface area contributed by atoms with Gasteiger partial charge in [-0.2, -0.15) is 0 Å². The number of nitrogens with one attached hydrogen (secondary N) is 1. The highest BCUT2D eigenvalue weighted by Gasteiger charge is 2.33. The van der Waals surface area contributed by atoms with Gasteiger partial charge in [0.1, 0.15) is 18.4 Å². The zero-order valence-corrected chi connectivity index (χ0v) is 24.0. The molecule has 0 spiro atoms. The van der Waals surface area contributed by atoms with E-state index in [4.69, 9.17) is 0 Å². The summed E-state index contributed by atoms with van der Waals surface area (Å²) in [5.74, 6) is -1.28. The van der Waals surface area contributed by atoms with Gasteiger partial charge in [-0.1, -0.05) is 59.1 Å². The van der Waals surface area contributed by atoms with Crippen molar-refractivity contribution in [3.63, 3.8) is 0 Å². The van der Waals surface area contributed by atoms with Gasteiger partial charge in [-0.15, -0.1) is 0 Å². The molecule has 1 fully saturated rings. The number of amides is 2. The monoisotopic (exact) mass is 615 g/mol. The first-order chi connectivity index (χ1) is 18.6. The largest absolute Gasteiger partial charge is 0.352 e. The smallest absolute Gasteiger partial charge is 0.264 e. The molecule has 0 radical (unpaired) electrons. The Morgan fingerprint density at radius 2 is 1.59 bits per heavy atom. The molecule has 3 aromatic rings. The molecule has 1 aliphatic rings. The minimum absolute atomic E-state index is 0.0118. The predicted molar refractivity (Wildman–Crippen MR) is 152 cm³/mol. The molecule has 1 saturated carbocycles. The number of benzene rings is 3. The Kier molecular flexibility index (Phi) is 9.40. The Morgan fingerprint density at radius 1 is 0.974 bits per heavy atom. The molecule has 2 amide bonds. The van der Waals surface area contributed by atoms with Crippen molar-refractivity contribution in [3.8, 4) is 0 Å². The third-order valence-electron chi connectivity index (χ3n) is 6.86. The second-order valence-electron chi connectivity index (χ2n) is 9.62. The Hall–Kier alpha value is -3.24. The minimum atomic E-state index is -4.12. The number of carbonyl (C=O) groups is 2. The topological polar surface area (TPSA) is 86.8 Å². The predicted octanol–water partition coefficient (Wildman–Crippen LogP) is 5.26. The van der Waals surface area contributed by atoms with E-state index in [0.717, 1.165) is 34.5 Å². The first-order valence-corrected chi connectivity index (χ1v) is 15.1. The Bertz CT molecular complexity index is 1380. The van der Waals surface area contributed by atoms with Crippen molar-refractivity contribution >= 4 is 43.5 Å². The average molecular weight is 617 g/mol. The minimum Gasteiger partial charge on any atom is -0.352 e. The molecule has 0 bridgehead atoms. The van der Waals surface area contributed by atoms with Crippen LogP contribution in [-0.2, 0) is 26.2 Å². The van der Waals surface area contributed by atoms with Crippen molar-refractivity contribution in [1.82, 2.24) is 10.2 Å². The molecule has 1 N–H and O–H groups in total. The molecule has 39 heavy (non-hydrogen) atoms. The van der Waals surface area contributed by atoms with Crippen LogP contribution in [0.3, 0.4) is 0 Å². The average Bonchev–Trinajstić information content (AvgIpc) is 3.45. The van der Waals surface area contributed by atoms with Gasteiger partial charge in [-0.05, 0) is 73.9 Å². The molecular weight excluding hydrogens is 585 g/mol. The maximum atomic E-state index is 13.9. The SMILES string of the molecule is C[C@H](C(=O)NC1CCCC1)N(Cc1ccc(F)cc1)C(=O)CN(c1ccc(Br)cc1)S(=O)(=O)c1ccccc1. The summed E-state index contributed by atoms with van der Waals surface area (Å²) in [6.07, 6.45) is 3.85. The number of nitrogens with zero attached hydrogens (tertiary/aromatic N) is 2. The zero-order chi connectivity index (χ0) is 28.0. The maximum Gasteiger partial charge on any atom is 0.264 e. The summed E-state index contributed by atoms with van der Waals surface area (Å²) in [4.78, 5) is 28.5. The van der Waals surface area contributed by atoms with Crippen molar-refractivity contribution in [1.29, 1.82) is 0 Å². The van der Waals surface area contributed by atoms with Gasteiger partial charge in [0.15, 0.2) is 0 Å². The Morgan fingerprint density at radius 3 is 2.21 bits per heavy atom. The summed E-state index contributed by atoms with van der Waals surface area (Å²) < 4.78 is 42.8. The lowest BCUT2D eigenvalue weighted by Gasteiger charge is -2.32. The summed E-state index contributed by atoms with van der Waals surface area (Å²) in [5, 5.41) is 3.03. The molecule has 3 aromatic carbocycles. The molecule has 1 aliphatic carbocycles. The lowest BCUT2D eigenvalue weighted by Crippen LogP contribution is -2.52. The van der Waals surface area contributed by atoms with E-state index in [1.165, 1.54) is 29.2 Å². The molecule has 0 saturated heterocycles. The third kappa shape index (κ3) is 7.24. The number of sulfonamides is 1. The molecule has 0 aliphatic heterocycles. The number of anilines is 1. The van der Waals surface area contributed by atoms with Crippen LogP contribution in [0.5, 0.6) is 0 Å². The molecule has 10 heteroatoms. The van der Waals surface area contributed by atoms with Gasteiger partial charge < -0.3 is 10.2 Å². The van der Waals surface area contributed by atoms with E-state index in [1.54, 1.807) is 61.5 Å². The quantitative estimate of drug-likeness (QED) is 0.337. The van der Waals surface area contributed by atoms with Gasteiger partial charge in [0.05, 0.1) is 10.6 Å². The van der Waals surface area contributed by atoms with E-state index in [0.29, 0.717) is 11.3 Å². The van der Waals surface area contributed by atoms with Crippen molar-refractivity contribution in [3.05, 3.63) is 94.7 Å². The van der Waals surface area contributed by atoms with Crippen LogP contribution in [-0.4, -0.2) is 43.8 Å². The van der Waals surface area contributed by atoms with Gasteiger partial charge in [0, 0.05) is 17.1 Å². The van der Waals surface area contributed by atoms with Crippen molar-refractivity contribution in [2.45, 2.75) is 56.1 Å². The van der Waals surface area contributed by atoms with Crippen LogP contribution in [0.15, 0.2) is 88.2 Å². The van der Waals surface area contributed by atoms with E-state index in [1.807, 2.05) is 0 Å². The van der Waals surface area contributed by atoms with Gasteiger partial charge in [-0.3, -0.25) is 13.9 Å². The van der Waals surface area contributed by atoms with Gasteiger partial charge >= 0.3 is 0 Å². The lowest BCUT2D eigenvalue weighted by molar-refractivity contribution is -0.139. The summed E-state index contributed by atoms with van der Waals surface area (Å²) in [6.45, 7) is 1.11. The number of rotatable bonds is 10. The fourth-order valence-electron chi connectivity index (χ4n) is 4.62. The van der Waals surface area contributed by atoms with Crippen molar-refractivity contribution in [2.75, 3.05) is 10.8 Å². The van der Waals surface area contributed by atoms with Crippen LogP contribution in [0.2, 0.25) is 0 Å². The standard InChI is InChI=1S/C29H31BrFN3O4S/c1-21(29(36)32-25-7-5-6-8-25)33(19-22-11-15-24(31)16-12-22)28(35)20-34(26-17-13-23(30)14-18-26)39(37,38)27-9-3-2-4-10-27/h2-4,9-18,21,25H,5-8,19-20H2,1H3,(H,32,36)/t21-/m1/s1. The Balaban J connectivity index is 1.66.